The molecule has 0 saturated carbocycles. The SMILES string of the molecule is COc1ccc2cc(OCC3CCN(C(=O)OC(C(F)(F)F)C(F)(F)F)CC3)ccc2c1. The molecular formula is C21H21F6NO4. The minimum atomic E-state index is -5.73. The van der Waals surface area contributed by atoms with Gasteiger partial charge in [0.2, 0.25) is 0 Å². The number of methoxy groups -OCH3 is 1. The molecule has 0 bridgehead atoms. The lowest BCUT2D eigenvalue weighted by Gasteiger charge is -2.33. The number of piperidine rings is 1. The average Bonchev–Trinajstić information content (AvgIpc) is 2.74. The van der Waals surface area contributed by atoms with Crippen LogP contribution < -0.4 is 9.47 Å². The van der Waals surface area contributed by atoms with Crippen molar-refractivity contribution < 1.29 is 45.3 Å². The number of carbonyl (C=O) groups is 1. The molecule has 1 aliphatic rings. The Labute approximate surface area is 179 Å². The second-order valence-corrected chi connectivity index (χ2v) is 7.46. The molecule has 1 heterocycles. The van der Waals surface area contributed by atoms with Crippen LogP contribution >= 0.6 is 0 Å². The van der Waals surface area contributed by atoms with Crippen LogP contribution in [0.3, 0.4) is 0 Å². The Hall–Kier alpha value is -2.85. The van der Waals surface area contributed by atoms with Crippen molar-refractivity contribution in [3.63, 3.8) is 0 Å². The van der Waals surface area contributed by atoms with Crippen LogP contribution in [0.4, 0.5) is 31.1 Å². The molecule has 1 fully saturated rings. The van der Waals surface area contributed by atoms with Crippen LogP contribution in [0, 0.1) is 5.92 Å². The maximum atomic E-state index is 12.6. The quantitative estimate of drug-likeness (QED) is 0.542. The van der Waals surface area contributed by atoms with E-state index in [1.54, 1.807) is 13.2 Å². The molecule has 2 aromatic carbocycles. The molecule has 11 heteroatoms. The number of alkyl halides is 6. The highest BCUT2D eigenvalue weighted by atomic mass is 19.4. The summed E-state index contributed by atoms with van der Waals surface area (Å²) in [6, 6.07) is 11.1. The van der Waals surface area contributed by atoms with Gasteiger partial charge in [0, 0.05) is 13.1 Å². The molecular weight excluding hydrogens is 444 g/mol. The number of carbonyl (C=O) groups excluding carboxylic acids is 1. The Morgan fingerprint density at radius 2 is 1.50 bits per heavy atom. The Morgan fingerprint density at radius 3 is 2.03 bits per heavy atom. The van der Waals surface area contributed by atoms with E-state index in [0.717, 1.165) is 21.4 Å². The zero-order chi connectivity index (χ0) is 23.5. The molecule has 0 spiro atoms. The maximum absolute atomic E-state index is 12.6. The van der Waals surface area contributed by atoms with E-state index in [0.29, 0.717) is 25.2 Å². The average molecular weight is 465 g/mol. The van der Waals surface area contributed by atoms with Crippen molar-refractivity contribution in [2.75, 3.05) is 26.8 Å². The number of fused-ring (bicyclic) bond motifs is 1. The normalized spacial score (nSPS) is 15.8. The largest absolute Gasteiger partial charge is 0.497 e. The van der Waals surface area contributed by atoms with Crippen molar-refractivity contribution in [1.29, 1.82) is 0 Å². The topological polar surface area (TPSA) is 48.0 Å². The van der Waals surface area contributed by atoms with E-state index in [-0.39, 0.29) is 19.0 Å². The first-order chi connectivity index (χ1) is 15.0. The van der Waals surface area contributed by atoms with Gasteiger partial charge < -0.3 is 19.1 Å². The third-order valence-corrected chi connectivity index (χ3v) is 5.19. The van der Waals surface area contributed by atoms with E-state index in [1.165, 1.54) is 0 Å². The summed E-state index contributed by atoms with van der Waals surface area (Å²) < 4.78 is 90.1. The molecule has 0 N–H and O–H groups in total. The van der Waals surface area contributed by atoms with Crippen molar-refractivity contribution in [2.45, 2.75) is 31.3 Å². The number of benzene rings is 2. The summed E-state index contributed by atoms with van der Waals surface area (Å²) in [6.07, 6.45) is -16.5. The van der Waals surface area contributed by atoms with Crippen LogP contribution in [0.5, 0.6) is 11.5 Å². The molecule has 176 valence electrons. The molecule has 2 aromatic rings. The van der Waals surface area contributed by atoms with Crippen LogP contribution in [0.15, 0.2) is 36.4 Å². The fourth-order valence-electron chi connectivity index (χ4n) is 3.41. The molecule has 3 rings (SSSR count). The fourth-order valence-corrected chi connectivity index (χ4v) is 3.41. The van der Waals surface area contributed by atoms with Crippen LogP contribution in [0.2, 0.25) is 0 Å². The number of rotatable bonds is 5. The minimum Gasteiger partial charge on any atom is -0.497 e. The lowest BCUT2D eigenvalue weighted by atomic mass is 9.98. The summed E-state index contributed by atoms with van der Waals surface area (Å²) in [4.78, 5) is 12.7. The van der Waals surface area contributed by atoms with Gasteiger partial charge in [0.15, 0.2) is 0 Å². The van der Waals surface area contributed by atoms with E-state index in [9.17, 15) is 31.1 Å². The van der Waals surface area contributed by atoms with Gasteiger partial charge in [-0.3, -0.25) is 0 Å². The third-order valence-electron chi connectivity index (χ3n) is 5.19. The third kappa shape index (κ3) is 5.89. The summed E-state index contributed by atoms with van der Waals surface area (Å²) in [6.45, 7) is 0.262. The van der Waals surface area contributed by atoms with E-state index >= 15 is 0 Å². The summed E-state index contributed by atoms with van der Waals surface area (Å²) in [5.41, 5.74) is 0. The summed E-state index contributed by atoms with van der Waals surface area (Å²) in [5.74, 6) is 1.35. The first kappa shape index (κ1) is 23.8. The molecule has 1 saturated heterocycles. The van der Waals surface area contributed by atoms with Crippen LogP contribution in [-0.4, -0.2) is 56.3 Å². The smallest absolute Gasteiger partial charge is 0.434 e. The molecule has 1 aliphatic heterocycles. The number of nitrogens with zero attached hydrogens (tertiary/aromatic N) is 1. The van der Waals surface area contributed by atoms with E-state index in [1.807, 2.05) is 30.3 Å². The predicted molar refractivity (Wildman–Crippen MR) is 103 cm³/mol. The second kappa shape index (κ2) is 9.33. The second-order valence-electron chi connectivity index (χ2n) is 7.46. The first-order valence-electron chi connectivity index (χ1n) is 9.77. The van der Waals surface area contributed by atoms with Gasteiger partial charge in [0.1, 0.15) is 11.5 Å². The molecule has 0 radical (unpaired) electrons. The molecule has 1 amide bonds. The Kier molecular flexibility index (Phi) is 6.94. The van der Waals surface area contributed by atoms with Gasteiger partial charge in [-0.25, -0.2) is 4.79 Å². The number of hydrogen-bond acceptors (Lipinski definition) is 4. The van der Waals surface area contributed by atoms with Gasteiger partial charge in [-0.1, -0.05) is 12.1 Å². The molecule has 5 nitrogen and oxygen atoms in total. The van der Waals surface area contributed by atoms with Gasteiger partial charge in [-0.15, -0.1) is 0 Å². The summed E-state index contributed by atoms with van der Waals surface area (Å²) >= 11 is 0. The highest BCUT2D eigenvalue weighted by Crippen LogP contribution is 2.36. The Morgan fingerprint density at radius 1 is 0.969 bits per heavy atom. The molecule has 0 unspecified atom stereocenters. The van der Waals surface area contributed by atoms with Gasteiger partial charge in [-0.2, -0.15) is 26.3 Å². The van der Waals surface area contributed by atoms with Crippen molar-refractivity contribution >= 4 is 16.9 Å². The number of likely N-dealkylation sites (tertiary alicyclic amines) is 1. The fraction of sp³-hybridized carbons (Fsp3) is 0.476. The monoisotopic (exact) mass is 465 g/mol. The zero-order valence-corrected chi connectivity index (χ0v) is 17.0. The molecule has 0 aromatic heterocycles. The lowest BCUT2D eigenvalue weighted by molar-refractivity contribution is -0.308. The predicted octanol–water partition coefficient (Wildman–Crippen LogP) is 5.57. The van der Waals surface area contributed by atoms with Crippen molar-refractivity contribution in [2.24, 2.45) is 5.92 Å². The van der Waals surface area contributed by atoms with Gasteiger partial charge in [0.05, 0.1) is 13.7 Å². The van der Waals surface area contributed by atoms with Crippen molar-refractivity contribution in [3.05, 3.63) is 36.4 Å². The van der Waals surface area contributed by atoms with Crippen molar-refractivity contribution in [3.8, 4) is 11.5 Å². The van der Waals surface area contributed by atoms with Gasteiger partial charge in [0.25, 0.3) is 6.10 Å². The van der Waals surface area contributed by atoms with Crippen molar-refractivity contribution in [1.82, 2.24) is 4.90 Å². The van der Waals surface area contributed by atoms with Crippen LogP contribution in [0.25, 0.3) is 10.8 Å². The Bertz CT molecular complexity index is 924. The lowest BCUT2D eigenvalue weighted by Crippen LogP contribution is -2.49. The number of amides is 1. The molecule has 32 heavy (non-hydrogen) atoms. The number of ether oxygens (including phenoxy) is 3. The summed E-state index contributed by atoms with van der Waals surface area (Å²) in [5, 5.41) is 1.92. The Balaban J connectivity index is 1.50. The standard InChI is InChI=1S/C21H21F6NO4/c1-30-16-4-2-15-11-17(5-3-14(15)10-16)31-12-13-6-8-28(9-7-13)19(29)32-18(20(22,23)24)21(25,26)27/h2-5,10-11,13,18H,6-9,12H2,1H3. The van der Waals surface area contributed by atoms with Gasteiger partial charge >= 0.3 is 18.4 Å². The van der Waals surface area contributed by atoms with E-state index < -0.39 is 24.5 Å². The number of hydrogen-bond donors (Lipinski definition) is 0. The summed E-state index contributed by atoms with van der Waals surface area (Å²) in [7, 11) is 1.58. The highest BCUT2D eigenvalue weighted by Gasteiger charge is 2.60. The first-order valence-corrected chi connectivity index (χ1v) is 9.77. The van der Waals surface area contributed by atoms with E-state index in [2.05, 4.69) is 4.74 Å². The maximum Gasteiger partial charge on any atom is 0.434 e. The van der Waals surface area contributed by atoms with Crippen LogP contribution in [-0.2, 0) is 4.74 Å². The van der Waals surface area contributed by atoms with E-state index in [4.69, 9.17) is 9.47 Å². The highest BCUT2D eigenvalue weighted by molar-refractivity contribution is 5.85. The molecule has 0 atom stereocenters. The molecule has 0 aliphatic carbocycles. The minimum absolute atomic E-state index is 0.00774. The number of halogens is 6. The van der Waals surface area contributed by atoms with Gasteiger partial charge in [-0.05, 0) is 53.8 Å². The zero-order valence-electron chi connectivity index (χ0n) is 17.0. The van der Waals surface area contributed by atoms with Crippen LogP contribution in [0.1, 0.15) is 12.8 Å².